The van der Waals surface area contributed by atoms with E-state index in [2.05, 4.69) is 16.5 Å². The second-order valence-corrected chi connectivity index (χ2v) is 15.4. The summed E-state index contributed by atoms with van der Waals surface area (Å²) < 4.78 is 24.0. The van der Waals surface area contributed by atoms with E-state index in [0.29, 0.717) is 64.7 Å². The first-order valence-corrected chi connectivity index (χ1v) is 19.7. The van der Waals surface area contributed by atoms with Gasteiger partial charge in [0, 0.05) is 25.1 Å². The summed E-state index contributed by atoms with van der Waals surface area (Å²) in [5.41, 5.74) is 7.73. The number of nitriles is 1. The fraction of sp³-hybridized carbons (Fsp3) is 0.217. The second-order valence-electron chi connectivity index (χ2n) is 14.6. The molecule has 0 saturated carbocycles. The van der Waals surface area contributed by atoms with Gasteiger partial charge in [0.2, 0.25) is 5.91 Å². The minimum atomic E-state index is -1.16. The van der Waals surface area contributed by atoms with E-state index < -0.39 is 24.0 Å². The molecule has 6 aromatic rings. The first kappa shape index (κ1) is 39.5. The third-order valence-electron chi connectivity index (χ3n) is 10.7. The van der Waals surface area contributed by atoms with Crippen LogP contribution in [0.4, 0.5) is 0 Å². The minimum Gasteiger partial charge on any atom is -0.489 e. The summed E-state index contributed by atoms with van der Waals surface area (Å²) >= 11 is 12.2. The van der Waals surface area contributed by atoms with Gasteiger partial charge >= 0.3 is 5.97 Å². The number of halogens is 2. The Balaban J connectivity index is 0.957. The number of nitrogens with zero attached hydrogens (tertiary/aromatic N) is 3. The van der Waals surface area contributed by atoms with Crippen LogP contribution in [0.15, 0.2) is 114 Å². The van der Waals surface area contributed by atoms with Crippen LogP contribution < -0.4 is 19.5 Å². The van der Waals surface area contributed by atoms with Crippen LogP contribution in [0, 0.1) is 18.3 Å². The Labute approximate surface area is 350 Å². The van der Waals surface area contributed by atoms with Gasteiger partial charge in [-0.2, -0.15) is 5.26 Å². The highest BCUT2D eigenvalue weighted by molar-refractivity contribution is 6.42. The number of ether oxygens (including phenoxy) is 3. The molecule has 2 aliphatic heterocycles. The number of nitrogens with one attached hydrogen (secondary N) is 1. The Bertz CT molecular complexity index is 2540. The molecule has 0 saturated heterocycles. The Hall–Kier alpha value is -6.32. The fourth-order valence-corrected chi connectivity index (χ4v) is 7.65. The van der Waals surface area contributed by atoms with Crippen molar-refractivity contribution in [1.82, 2.24) is 15.4 Å². The lowest BCUT2D eigenvalue weighted by atomic mass is 9.91. The molecule has 59 heavy (non-hydrogen) atoms. The van der Waals surface area contributed by atoms with Gasteiger partial charge in [-0.05, 0) is 101 Å². The zero-order valence-corrected chi connectivity index (χ0v) is 33.4. The van der Waals surface area contributed by atoms with Crippen LogP contribution in [0.1, 0.15) is 50.8 Å². The Morgan fingerprint density at radius 1 is 0.932 bits per heavy atom. The van der Waals surface area contributed by atoms with Crippen molar-refractivity contribution in [2.45, 2.75) is 57.6 Å². The van der Waals surface area contributed by atoms with Gasteiger partial charge in [-0.1, -0.05) is 83.0 Å². The summed E-state index contributed by atoms with van der Waals surface area (Å²) in [6.45, 7) is 3.19. The molecular weight excluding hydrogens is 791 g/mol. The van der Waals surface area contributed by atoms with E-state index in [1.807, 2.05) is 90.7 Å². The van der Waals surface area contributed by atoms with Crippen LogP contribution in [-0.4, -0.2) is 45.7 Å². The predicted octanol–water partition coefficient (Wildman–Crippen LogP) is 8.66. The zero-order chi connectivity index (χ0) is 41.0. The Morgan fingerprint density at radius 3 is 2.32 bits per heavy atom. The van der Waals surface area contributed by atoms with Gasteiger partial charge in [0.25, 0.3) is 0 Å². The highest BCUT2D eigenvalue weighted by Gasteiger charge is 2.36. The van der Waals surface area contributed by atoms with Crippen molar-refractivity contribution in [3.8, 4) is 34.4 Å². The van der Waals surface area contributed by atoms with Crippen molar-refractivity contribution in [1.29, 1.82) is 5.26 Å². The van der Waals surface area contributed by atoms with Crippen molar-refractivity contribution in [2.75, 3.05) is 6.61 Å². The normalized spacial score (nSPS) is 16.4. The highest BCUT2D eigenvalue weighted by Crippen LogP contribution is 2.41. The SMILES string of the molecule is Cc1oncc1CN1Cc2cc3c(cc2CC1C(=O)NC(Cc1ccc(-c2ccc(C#N)cc2)cc1)C(=O)O)OCC(c1ccc(OCc2ccc(Cl)c(Cl)c2)cc1)O3. The van der Waals surface area contributed by atoms with Crippen molar-refractivity contribution >= 4 is 35.1 Å². The summed E-state index contributed by atoms with van der Waals surface area (Å²) in [7, 11) is 0. The Kier molecular flexibility index (Phi) is 11.6. The van der Waals surface area contributed by atoms with Crippen LogP contribution in [0.25, 0.3) is 11.1 Å². The number of carboxylic acid groups (broad SMARTS) is 1. The number of amides is 1. The lowest BCUT2D eigenvalue weighted by Gasteiger charge is -2.37. The lowest BCUT2D eigenvalue weighted by molar-refractivity contribution is -0.142. The molecule has 13 heteroatoms. The molecule has 0 radical (unpaired) electrons. The van der Waals surface area contributed by atoms with Crippen molar-refractivity contribution in [3.63, 3.8) is 0 Å². The van der Waals surface area contributed by atoms with Crippen LogP contribution in [0.2, 0.25) is 10.0 Å². The molecule has 5 aromatic carbocycles. The summed E-state index contributed by atoms with van der Waals surface area (Å²) in [5.74, 6) is 0.977. The smallest absolute Gasteiger partial charge is 0.326 e. The summed E-state index contributed by atoms with van der Waals surface area (Å²) in [6, 6.07) is 32.0. The van der Waals surface area contributed by atoms with E-state index >= 15 is 0 Å². The monoisotopic (exact) mass is 828 g/mol. The second kappa shape index (κ2) is 17.3. The van der Waals surface area contributed by atoms with E-state index in [4.69, 9.17) is 47.2 Å². The van der Waals surface area contributed by atoms with Gasteiger partial charge in [-0.15, -0.1) is 0 Å². The van der Waals surface area contributed by atoms with Gasteiger partial charge in [0.05, 0.1) is 33.9 Å². The first-order valence-electron chi connectivity index (χ1n) is 19.0. The fourth-order valence-electron chi connectivity index (χ4n) is 7.33. The molecule has 2 N–H and O–H groups in total. The number of carbonyl (C=O) groups excluding carboxylic acids is 1. The summed E-state index contributed by atoms with van der Waals surface area (Å²) in [4.78, 5) is 28.7. The van der Waals surface area contributed by atoms with Gasteiger partial charge in [-0.25, -0.2) is 4.79 Å². The third kappa shape index (κ3) is 9.06. The molecule has 3 unspecified atom stereocenters. The summed E-state index contributed by atoms with van der Waals surface area (Å²) in [6.07, 6.45) is 1.69. The van der Waals surface area contributed by atoms with Gasteiger partial charge < -0.3 is 29.2 Å². The molecule has 0 spiro atoms. The van der Waals surface area contributed by atoms with Crippen LogP contribution >= 0.6 is 23.2 Å². The Morgan fingerprint density at radius 2 is 1.64 bits per heavy atom. The van der Waals surface area contributed by atoms with Gasteiger partial charge in [0.15, 0.2) is 17.6 Å². The van der Waals surface area contributed by atoms with Crippen LogP contribution in [0.5, 0.6) is 17.2 Å². The van der Waals surface area contributed by atoms with Crippen molar-refractivity contribution in [3.05, 3.63) is 164 Å². The number of hydrogen-bond acceptors (Lipinski definition) is 9. The maximum Gasteiger partial charge on any atom is 0.326 e. The molecule has 0 aliphatic carbocycles. The maximum atomic E-state index is 14.1. The molecular formula is C46H38Cl2N4O7. The molecule has 1 amide bonds. The van der Waals surface area contributed by atoms with E-state index in [1.54, 1.807) is 30.5 Å². The third-order valence-corrected chi connectivity index (χ3v) is 11.4. The van der Waals surface area contributed by atoms with E-state index in [1.165, 1.54) is 0 Å². The van der Waals surface area contributed by atoms with Gasteiger partial charge in [0.1, 0.15) is 30.8 Å². The largest absolute Gasteiger partial charge is 0.489 e. The standard InChI is InChI=1S/C46H38Cl2N4O7/c1-27-36(22-50-59-27)24-52-23-35-20-43-42(57-26-44(58-43)33-11-13-37(14-12-33)56-25-30-6-15-38(47)39(48)16-30)19-34(35)18-41(52)45(53)51-40(46(54)55)17-28-2-7-31(8-3-28)32-9-4-29(21-49)5-10-32/h2-16,19-20,22,40-41,44H,17-18,23-26H2,1H3,(H,51,53)(H,54,55). The number of rotatable bonds is 12. The van der Waals surface area contributed by atoms with E-state index in [9.17, 15) is 14.7 Å². The average molecular weight is 830 g/mol. The average Bonchev–Trinajstić information content (AvgIpc) is 3.66. The minimum absolute atomic E-state index is 0.0944. The van der Waals surface area contributed by atoms with Crippen LogP contribution in [-0.2, 0) is 42.1 Å². The molecule has 1 aromatic heterocycles. The quantitative estimate of drug-likeness (QED) is 0.123. The van der Waals surface area contributed by atoms with Gasteiger partial charge in [-0.3, -0.25) is 9.69 Å². The summed E-state index contributed by atoms with van der Waals surface area (Å²) in [5, 5.41) is 27.1. The molecule has 8 rings (SSSR count). The van der Waals surface area contributed by atoms with Crippen molar-refractivity contribution < 1.29 is 33.4 Å². The first-order chi connectivity index (χ1) is 28.6. The lowest BCUT2D eigenvalue weighted by Crippen LogP contribution is -2.54. The molecule has 3 heterocycles. The number of carboxylic acids is 1. The predicted molar refractivity (Wildman–Crippen MR) is 220 cm³/mol. The molecule has 298 valence electrons. The van der Waals surface area contributed by atoms with E-state index in [-0.39, 0.29) is 19.1 Å². The number of aryl methyl sites for hydroxylation is 1. The van der Waals surface area contributed by atoms with Crippen molar-refractivity contribution in [2.24, 2.45) is 0 Å². The maximum absolute atomic E-state index is 14.1. The number of aliphatic carboxylic acids is 1. The molecule has 11 nitrogen and oxygen atoms in total. The number of aromatic nitrogens is 1. The molecule has 0 fully saturated rings. The zero-order valence-electron chi connectivity index (χ0n) is 31.9. The van der Waals surface area contributed by atoms with Crippen LogP contribution in [0.3, 0.4) is 0 Å². The number of benzene rings is 5. The molecule has 0 bridgehead atoms. The highest BCUT2D eigenvalue weighted by atomic mass is 35.5. The van der Waals surface area contributed by atoms with E-state index in [0.717, 1.165) is 44.5 Å². The number of carbonyl (C=O) groups is 2. The number of hydrogen-bond donors (Lipinski definition) is 2. The molecule has 3 atom stereocenters. The number of fused-ring (bicyclic) bond motifs is 2. The molecule has 2 aliphatic rings. The topological polar surface area (TPSA) is 147 Å².